The number of rotatable bonds is 4. The van der Waals surface area contributed by atoms with Crippen molar-refractivity contribution in [1.29, 1.82) is 0 Å². The van der Waals surface area contributed by atoms with E-state index in [1.165, 1.54) is 18.2 Å². The van der Waals surface area contributed by atoms with Crippen LogP contribution in [0.15, 0.2) is 36.0 Å². The summed E-state index contributed by atoms with van der Waals surface area (Å²) in [6.07, 6.45) is 1.49. The summed E-state index contributed by atoms with van der Waals surface area (Å²) in [5, 5.41) is 2.81. The minimum absolute atomic E-state index is 0.172. The minimum atomic E-state index is -0.435. The molecule has 1 rings (SSSR count). The van der Waals surface area contributed by atoms with Gasteiger partial charge in [-0.25, -0.2) is 4.79 Å². The van der Waals surface area contributed by atoms with E-state index >= 15 is 0 Å². The first-order chi connectivity index (χ1) is 7.19. The van der Waals surface area contributed by atoms with Crippen LogP contribution in [0.4, 0.5) is 5.69 Å². The summed E-state index contributed by atoms with van der Waals surface area (Å²) in [6, 6.07) is 4.57. The first-order valence-corrected chi connectivity index (χ1v) is 4.41. The number of nitroso groups, excluding NO2 is 1. The smallest absolute Gasteiger partial charge is 0.338 e. The van der Waals surface area contributed by atoms with Gasteiger partial charge in [0.15, 0.2) is 0 Å². The predicted molar refractivity (Wildman–Crippen MR) is 57.1 cm³/mol. The molecule has 0 fully saturated rings. The van der Waals surface area contributed by atoms with E-state index in [2.05, 4.69) is 11.8 Å². The number of esters is 1. The Bertz CT molecular complexity index is 399. The van der Waals surface area contributed by atoms with Crippen molar-refractivity contribution < 1.29 is 9.53 Å². The van der Waals surface area contributed by atoms with Gasteiger partial charge in [0, 0.05) is 0 Å². The summed E-state index contributed by atoms with van der Waals surface area (Å²) in [5.41, 5.74) is 1.38. The lowest BCUT2D eigenvalue weighted by Crippen LogP contribution is -2.04. The highest BCUT2D eigenvalue weighted by Gasteiger charge is 2.08. The second kappa shape index (κ2) is 5.05. The van der Waals surface area contributed by atoms with E-state index in [0.717, 1.165) is 0 Å². The first kappa shape index (κ1) is 11.1. The molecule has 1 aromatic rings. The summed E-state index contributed by atoms with van der Waals surface area (Å²) in [5.74, 6) is -0.435. The summed E-state index contributed by atoms with van der Waals surface area (Å²) < 4.78 is 4.84. The third-order valence-corrected chi connectivity index (χ3v) is 1.86. The number of hydrogen-bond donors (Lipinski definition) is 0. The van der Waals surface area contributed by atoms with Gasteiger partial charge in [0.2, 0.25) is 0 Å². The van der Waals surface area contributed by atoms with Crippen LogP contribution in [0.25, 0.3) is 0 Å². The Labute approximate surface area is 87.5 Å². The largest absolute Gasteiger partial charge is 0.458 e. The number of nitrogens with zero attached hydrogens (tertiary/aromatic N) is 1. The van der Waals surface area contributed by atoms with Crippen molar-refractivity contribution in [1.82, 2.24) is 0 Å². The normalized spacial score (nSPS) is 9.40. The molecule has 0 bridgehead atoms. The third-order valence-electron chi connectivity index (χ3n) is 1.86. The van der Waals surface area contributed by atoms with E-state index < -0.39 is 5.97 Å². The minimum Gasteiger partial charge on any atom is -0.458 e. The van der Waals surface area contributed by atoms with Crippen LogP contribution in [0.3, 0.4) is 0 Å². The van der Waals surface area contributed by atoms with Gasteiger partial charge in [0.05, 0.1) is 5.56 Å². The quantitative estimate of drug-likeness (QED) is 0.431. The molecule has 0 amide bonds. The number of benzene rings is 1. The molecule has 0 heterocycles. The molecule has 0 radical (unpaired) electrons. The molecular formula is C11H11NO3. The summed E-state index contributed by atoms with van der Waals surface area (Å²) in [6.45, 7) is 5.32. The summed E-state index contributed by atoms with van der Waals surface area (Å²) in [7, 11) is 0. The standard InChI is InChI=1S/C11H11NO3/c1-3-6-15-11(13)9-4-5-10(12-14)8(2)7-9/h3-5,7H,1,6H2,2H3. The molecule has 78 valence electrons. The first-order valence-electron chi connectivity index (χ1n) is 4.41. The molecule has 4 heteroatoms. The fourth-order valence-electron chi connectivity index (χ4n) is 1.10. The monoisotopic (exact) mass is 205 g/mol. The Morgan fingerprint density at radius 3 is 2.87 bits per heavy atom. The van der Waals surface area contributed by atoms with Crippen LogP contribution < -0.4 is 0 Å². The van der Waals surface area contributed by atoms with Gasteiger partial charge in [-0.1, -0.05) is 12.7 Å². The summed E-state index contributed by atoms with van der Waals surface area (Å²) in [4.78, 5) is 21.7. The zero-order chi connectivity index (χ0) is 11.3. The van der Waals surface area contributed by atoms with E-state index in [1.807, 2.05) is 0 Å². The fraction of sp³-hybridized carbons (Fsp3) is 0.182. The van der Waals surface area contributed by atoms with Crippen LogP contribution in [0.5, 0.6) is 0 Å². The topological polar surface area (TPSA) is 55.7 Å². The van der Waals surface area contributed by atoms with E-state index in [9.17, 15) is 9.70 Å². The number of carbonyl (C=O) groups excluding carboxylic acids is 1. The van der Waals surface area contributed by atoms with Gasteiger partial charge >= 0.3 is 5.97 Å². The maximum atomic E-state index is 11.4. The second-order valence-corrected chi connectivity index (χ2v) is 2.98. The van der Waals surface area contributed by atoms with Crippen molar-refractivity contribution in [3.05, 3.63) is 46.9 Å². The zero-order valence-electron chi connectivity index (χ0n) is 8.40. The van der Waals surface area contributed by atoms with Crippen LogP contribution >= 0.6 is 0 Å². The summed E-state index contributed by atoms with van der Waals surface area (Å²) >= 11 is 0. The maximum Gasteiger partial charge on any atom is 0.338 e. The van der Waals surface area contributed by atoms with E-state index in [-0.39, 0.29) is 6.61 Å². The Balaban J connectivity index is 2.87. The van der Waals surface area contributed by atoms with Crippen molar-refractivity contribution >= 4 is 11.7 Å². The average molecular weight is 205 g/mol. The average Bonchev–Trinajstić information content (AvgIpc) is 2.25. The van der Waals surface area contributed by atoms with Crippen molar-refractivity contribution in [2.45, 2.75) is 6.92 Å². The van der Waals surface area contributed by atoms with Gasteiger partial charge in [-0.15, -0.1) is 4.91 Å². The zero-order valence-corrected chi connectivity index (χ0v) is 8.40. The molecule has 0 aliphatic carbocycles. The van der Waals surface area contributed by atoms with Crippen molar-refractivity contribution in [2.75, 3.05) is 6.61 Å². The van der Waals surface area contributed by atoms with Gasteiger partial charge in [-0.2, -0.15) is 0 Å². The van der Waals surface area contributed by atoms with Gasteiger partial charge in [0.25, 0.3) is 0 Å². The highest BCUT2D eigenvalue weighted by atomic mass is 16.5. The highest BCUT2D eigenvalue weighted by molar-refractivity contribution is 5.90. The van der Waals surface area contributed by atoms with Crippen molar-refractivity contribution in [3.8, 4) is 0 Å². The SMILES string of the molecule is C=CCOC(=O)c1ccc(N=O)c(C)c1. The van der Waals surface area contributed by atoms with Gasteiger partial charge < -0.3 is 4.74 Å². The Kier molecular flexibility index (Phi) is 3.74. The van der Waals surface area contributed by atoms with Crippen molar-refractivity contribution in [3.63, 3.8) is 0 Å². The molecule has 0 aliphatic heterocycles. The van der Waals surface area contributed by atoms with Gasteiger partial charge in [0.1, 0.15) is 12.3 Å². The number of aryl methyl sites for hydroxylation is 1. The van der Waals surface area contributed by atoms with Crippen molar-refractivity contribution in [2.24, 2.45) is 5.18 Å². The molecule has 0 saturated carbocycles. The molecular weight excluding hydrogens is 194 g/mol. The van der Waals surface area contributed by atoms with Crippen LogP contribution in [0.2, 0.25) is 0 Å². The molecule has 0 aliphatic rings. The Morgan fingerprint density at radius 2 is 2.33 bits per heavy atom. The highest BCUT2D eigenvalue weighted by Crippen LogP contribution is 2.19. The number of ether oxygens (including phenoxy) is 1. The van der Waals surface area contributed by atoms with Gasteiger partial charge in [-0.05, 0) is 35.9 Å². The lowest BCUT2D eigenvalue weighted by atomic mass is 10.1. The molecule has 0 spiro atoms. The molecule has 0 unspecified atom stereocenters. The Morgan fingerprint density at radius 1 is 1.60 bits per heavy atom. The van der Waals surface area contributed by atoms with Crippen LogP contribution in [0.1, 0.15) is 15.9 Å². The molecule has 1 aromatic carbocycles. The molecule has 0 N–H and O–H groups in total. The van der Waals surface area contributed by atoms with E-state index in [4.69, 9.17) is 4.74 Å². The molecule has 15 heavy (non-hydrogen) atoms. The molecule has 0 saturated heterocycles. The molecule has 0 aromatic heterocycles. The fourth-order valence-corrected chi connectivity index (χ4v) is 1.10. The van der Waals surface area contributed by atoms with Crippen LogP contribution in [-0.2, 0) is 4.74 Å². The lowest BCUT2D eigenvalue weighted by molar-refractivity contribution is 0.0549. The van der Waals surface area contributed by atoms with Crippen LogP contribution in [-0.4, -0.2) is 12.6 Å². The molecule has 4 nitrogen and oxygen atoms in total. The van der Waals surface area contributed by atoms with E-state index in [0.29, 0.717) is 16.8 Å². The second-order valence-electron chi connectivity index (χ2n) is 2.98. The van der Waals surface area contributed by atoms with Gasteiger partial charge in [-0.3, -0.25) is 0 Å². The van der Waals surface area contributed by atoms with Crippen LogP contribution in [0, 0.1) is 11.8 Å². The lowest BCUT2D eigenvalue weighted by Gasteiger charge is -2.03. The van der Waals surface area contributed by atoms with E-state index in [1.54, 1.807) is 13.0 Å². The third kappa shape index (κ3) is 2.74. The Hall–Kier alpha value is -1.97. The number of carbonyl (C=O) groups is 1. The number of hydrogen-bond acceptors (Lipinski definition) is 4. The molecule has 0 atom stereocenters. The maximum absolute atomic E-state index is 11.4. The predicted octanol–water partition coefficient (Wildman–Crippen LogP) is 2.74.